The van der Waals surface area contributed by atoms with Crippen molar-refractivity contribution in [2.75, 3.05) is 14.2 Å². The van der Waals surface area contributed by atoms with E-state index in [4.69, 9.17) is 21.1 Å². The Balaban J connectivity index is 3.02. The average molecular weight is 172 g/mol. The molecule has 59 valence electrons. The number of hydrogen-bond donors (Lipinski definition) is 0. The Hall–Kier alpha value is -0.890. The summed E-state index contributed by atoms with van der Waals surface area (Å²) in [6.45, 7) is 0. The molecule has 0 aliphatic carbocycles. The van der Waals surface area contributed by atoms with Gasteiger partial charge in [-0.15, -0.1) is 0 Å². The van der Waals surface area contributed by atoms with Crippen LogP contribution in [-0.2, 0) is 0 Å². The molecule has 0 spiro atoms. The van der Waals surface area contributed by atoms with E-state index in [0.717, 1.165) is 0 Å². The van der Waals surface area contributed by atoms with Crippen molar-refractivity contribution < 1.29 is 9.47 Å². The molecule has 0 unspecified atom stereocenters. The highest BCUT2D eigenvalue weighted by atomic mass is 35.5. The lowest BCUT2D eigenvalue weighted by Gasteiger charge is -2.03. The summed E-state index contributed by atoms with van der Waals surface area (Å²) in [5.41, 5.74) is 0. The van der Waals surface area contributed by atoms with E-state index < -0.39 is 0 Å². The van der Waals surface area contributed by atoms with Crippen LogP contribution in [-0.4, -0.2) is 14.2 Å². The molecule has 3 heteroatoms. The molecule has 1 rings (SSSR count). The van der Waals surface area contributed by atoms with Crippen molar-refractivity contribution in [2.24, 2.45) is 0 Å². The summed E-state index contributed by atoms with van der Waals surface area (Å²) in [6.07, 6.45) is 0. The zero-order valence-corrected chi connectivity index (χ0v) is 7.11. The Labute approximate surface area is 70.7 Å². The van der Waals surface area contributed by atoms with Crippen LogP contribution in [0.2, 0.25) is 5.02 Å². The molecule has 11 heavy (non-hydrogen) atoms. The van der Waals surface area contributed by atoms with Gasteiger partial charge in [0.25, 0.3) is 0 Å². The predicted molar refractivity (Wildman–Crippen MR) is 43.4 cm³/mol. The van der Waals surface area contributed by atoms with Crippen molar-refractivity contribution in [3.8, 4) is 11.5 Å². The molecular weight excluding hydrogens is 164 g/mol. The summed E-state index contributed by atoms with van der Waals surface area (Å²) in [5, 5.41) is 0.535. The summed E-state index contributed by atoms with van der Waals surface area (Å²) in [4.78, 5) is 0. The van der Waals surface area contributed by atoms with E-state index >= 15 is 0 Å². The molecule has 0 aliphatic heterocycles. The second-order valence-corrected chi connectivity index (χ2v) is 2.32. The van der Waals surface area contributed by atoms with Gasteiger partial charge >= 0.3 is 0 Å². The summed E-state index contributed by atoms with van der Waals surface area (Å²) >= 11 is 5.74. The normalized spacial score (nSPS) is 9.36. The van der Waals surface area contributed by atoms with E-state index in [0.29, 0.717) is 16.5 Å². The first-order valence-electron chi connectivity index (χ1n) is 3.07. The minimum absolute atomic E-state index is 0.535. The van der Waals surface area contributed by atoms with Gasteiger partial charge in [-0.1, -0.05) is 11.6 Å². The minimum Gasteiger partial charge on any atom is -0.496 e. The molecular formula is C8H8ClO2. The third-order valence-electron chi connectivity index (χ3n) is 1.28. The fourth-order valence-electron chi connectivity index (χ4n) is 0.710. The van der Waals surface area contributed by atoms with Crippen LogP contribution >= 0.6 is 11.6 Å². The fraction of sp³-hybridized carbons (Fsp3) is 0.250. The second kappa shape index (κ2) is 3.49. The van der Waals surface area contributed by atoms with Crippen molar-refractivity contribution >= 4 is 11.6 Å². The van der Waals surface area contributed by atoms with Gasteiger partial charge in [0.1, 0.15) is 11.5 Å². The van der Waals surface area contributed by atoms with Gasteiger partial charge in [-0.3, -0.25) is 0 Å². The quantitative estimate of drug-likeness (QED) is 0.679. The van der Waals surface area contributed by atoms with Crippen LogP contribution in [0.15, 0.2) is 12.1 Å². The molecule has 0 N–H and O–H groups in total. The molecule has 0 aromatic heterocycles. The zero-order valence-electron chi connectivity index (χ0n) is 6.35. The lowest BCUT2D eigenvalue weighted by molar-refractivity contribution is 0.394. The van der Waals surface area contributed by atoms with Gasteiger partial charge in [-0.25, -0.2) is 0 Å². The first-order valence-corrected chi connectivity index (χ1v) is 3.45. The average Bonchev–Trinajstić information content (AvgIpc) is 2.05. The van der Waals surface area contributed by atoms with E-state index in [2.05, 4.69) is 6.07 Å². The van der Waals surface area contributed by atoms with Gasteiger partial charge in [0.2, 0.25) is 0 Å². The number of benzene rings is 1. The molecule has 0 amide bonds. The first-order chi connectivity index (χ1) is 5.27. The van der Waals surface area contributed by atoms with Gasteiger partial charge in [-0.05, 0) is 6.07 Å². The van der Waals surface area contributed by atoms with Crippen LogP contribution in [0.1, 0.15) is 0 Å². The molecule has 1 radical (unpaired) electrons. The monoisotopic (exact) mass is 171 g/mol. The van der Waals surface area contributed by atoms with Crippen LogP contribution in [0.25, 0.3) is 0 Å². The maximum atomic E-state index is 5.74. The molecule has 0 fully saturated rings. The van der Waals surface area contributed by atoms with E-state index in [-0.39, 0.29) is 0 Å². The second-order valence-electron chi connectivity index (χ2n) is 1.92. The lowest BCUT2D eigenvalue weighted by Crippen LogP contribution is -1.87. The van der Waals surface area contributed by atoms with E-state index in [1.165, 1.54) is 0 Å². The topological polar surface area (TPSA) is 18.5 Å². The highest BCUT2D eigenvalue weighted by Gasteiger charge is 2.00. The van der Waals surface area contributed by atoms with Gasteiger partial charge < -0.3 is 9.47 Å². The third-order valence-corrected chi connectivity index (χ3v) is 1.57. The number of ether oxygens (including phenoxy) is 2. The van der Waals surface area contributed by atoms with Crippen molar-refractivity contribution in [3.63, 3.8) is 0 Å². The van der Waals surface area contributed by atoms with Crippen molar-refractivity contribution in [2.45, 2.75) is 0 Å². The van der Waals surface area contributed by atoms with Crippen molar-refractivity contribution in [3.05, 3.63) is 23.2 Å². The van der Waals surface area contributed by atoms with E-state index in [1.807, 2.05) is 0 Å². The standard InChI is InChI=1S/C8H8ClO2/c1-10-6-3-4-7(9)8(5-6)11-2/h4-5H,1-2H3. The van der Waals surface area contributed by atoms with Crippen LogP contribution in [0.5, 0.6) is 11.5 Å². The fourth-order valence-corrected chi connectivity index (χ4v) is 0.896. The predicted octanol–water partition coefficient (Wildman–Crippen LogP) is 2.16. The Bertz CT molecular complexity index is 248. The Kier molecular flexibility index (Phi) is 2.60. The molecule has 0 saturated heterocycles. The molecule has 2 nitrogen and oxygen atoms in total. The van der Waals surface area contributed by atoms with E-state index in [9.17, 15) is 0 Å². The SMILES string of the molecule is COc1[c]cc(Cl)c(OC)c1. The van der Waals surface area contributed by atoms with E-state index in [1.54, 1.807) is 26.4 Å². The van der Waals surface area contributed by atoms with Gasteiger partial charge in [0.05, 0.1) is 19.2 Å². The number of hydrogen-bond acceptors (Lipinski definition) is 2. The summed E-state index contributed by atoms with van der Waals surface area (Å²) < 4.78 is 9.87. The minimum atomic E-state index is 0.535. The van der Waals surface area contributed by atoms with Crippen LogP contribution < -0.4 is 9.47 Å². The summed E-state index contributed by atoms with van der Waals surface area (Å²) in [5.74, 6) is 1.22. The Morgan fingerprint density at radius 1 is 1.36 bits per heavy atom. The first kappa shape index (κ1) is 8.21. The highest BCUT2D eigenvalue weighted by molar-refractivity contribution is 6.32. The third kappa shape index (κ3) is 1.77. The van der Waals surface area contributed by atoms with Crippen LogP contribution in [0, 0.1) is 6.07 Å². The molecule has 0 heterocycles. The summed E-state index contributed by atoms with van der Waals surface area (Å²) in [7, 11) is 3.12. The van der Waals surface area contributed by atoms with Crippen molar-refractivity contribution in [1.82, 2.24) is 0 Å². The number of halogens is 1. The van der Waals surface area contributed by atoms with Crippen LogP contribution in [0.3, 0.4) is 0 Å². The maximum Gasteiger partial charge on any atom is 0.141 e. The Morgan fingerprint density at radius 3 is 2.64 bits per heavy atom. The van der Waals surface area contributed by atoms with Crippen LogP contribution in [0.4, 0.5) is 0 Å². The van der Waals surface area contributed by atoms with Gasteiger partial charge in [0, 0.05) is 12.1 Å². The number of methoxy groups -OCH3 is 2. The molecule has 1 aromatic carbocycles. The molecule has 1 aromatic rings. The van der Waals surface area contributed by atoms with Gasteiger partial charge in [0.15, 0.2) is 0 Å². The highest BCUT2D eigenvalue weighted by Crippen LogP contribution is 2.27. The Morgan fingerprint density at radius 2 is 2.09 bits per heavy atom. The summed E-state index contributed by atoms with van der Waals surface area (Å²) in [6, 6.07) is 6.12. The smallest absolute Gasteiger partial charge is 0.141 e. The molecule has 0 bridgehead atoms. The van der Waals surface area contributed by atoms with Gasteiger partial charge in [-0.2, -0.15) is 0 Å². The van der Waals surface area contributed by atoms with Crippen molar-refractivity contribution in [1.29, 1.82) is 0 Å². The molecule has 0 atom stereocenters. The number of rotatable bonds is 2. The maximum absolute atomic E-state index is 5.74. The molecule has 0 aliphatic rings. The lowest BCUT2D eigenvalue weighted by atomic mass is 10.3. The largest absolute Gasteiger partial charge is 0.496 e. The molecule has 0 saturated carbocycles. The zero-order chi connectivity index (χ0) is 8.27.